The van der Waals surface area contributed by atoms with Crippen molar-refractivity contribution in [2.45, 2.75) is 19.5 Å². The number of aromatic nitrogens is 1. The van der Waals surface area contributed by atoms with Gasteiger partial charge in [0.2, 0.25) is 5.91 Å². The van der Waals surface area contributed by atoms with E-state index in [-0.39, 0.29) is 5.91 Å². The molecule has 0 aliphatic carbocycles. The van der Waals surface area contributed by atoms with Gasteiger partial charge in [0.25, 0.3) is 0 Å². The molecule has 0 radical (unpaired) electrons. The third-order valence-electron chi connectivity index (χ3n) is 5.48. The molecule has 1 aliphatic rings. The maximum absolute atomic E-state index is 12.3. The molecule has 0 saturated carbocycles. The van der Waals surface area contributed by atoms with E-state index in [0.29, 0.717) is 19.5 Å². The van der Waals surface area contributed by atoms with E-state index in [9.17, 15) is 4.79 Å². The number of aryl methyl sites for hydroxylation is 1. The lowest BCUT2D eigenvalue weighted by atomic mass is 10.1. The van der Waals surface area contributed by atoms with E-state index >= 15 is 0 Å². The minimum Gasteiger partial charge on any atom is -0.378 e. The molecule has 158 valence electrons. The number of ether oxygens (including phenoxy) is 1. The number of carbonyl (C=O) groups excluding carboxylic acids is 1. The molecule has 1 saturated heterocycles. The molecule has 6 heteroatoms. The molecule has 4 rings (SSSR count). The van der Waals surface area contributed by atoms with Crippen LogP contribution < -0.4 is 10.2 Å². The number of nitrogens with one attached hydrogen (secondary N) is 1. The minimum atomic E-state index is -0.133. The van der Waals surface area contributed by atoms with Gasteiger partial charge in [-0.2, -0.15) is 5.26 Å². The van der Waals surface area contributed by atoms with Crippen LogP contribution in [0.15, 0.2) is 60.8 Å². The van der Waals surface area contributed by atoms with Crippen LogP contribution >= 0.6 is 0 Å². The summed E-state index contributed by atoms with van der Waals surface area (Å²) in [6, 6.07) is 18.5. The quantitative estimate of drug-likeness (QED) is 0.598. The Hall–Kier alpha value is -3.56. The summed E-state index contributed by atoms with van der Waals surface area (Å²) in [5, 5.41) is 12.9. The largest absolute Gasteiger partial charge is 0.378 e. The van der Waals surface area contributed by atoms with Gasteiger partial charge < -0.3 is 19.5 Å². The first-order valence-electron chi connectivity index (χ1n) is 10.6. The van der Waals surface area contributed by atoms with Gasteiger partial charge in [-0.25, -0.2) is 0 Å². The lowest BCUT2D eigenvalue weighted by Crippen LogP contribution is -2.36. The maximum Gasteiger partial charge on any atom is 0.244 e. The van der Waals surface area contributed by atoms with Gasteiger partial charge in [0.15, 0.2) is 0 Å². The van der Waals surface area contributed by atoms with Crippen molar-refractivity contribution in [3.8, 4) is 6.07 Å². The predicted octanol–water partition coefficient (Wildman–Crippen LogP) is 3.72. The van der Waals surface area contributed by atoms with Crippen molar-refractivity contribution in [1.29, 1.82) is 5.26 Å². The number of nitriles is 1. The summed E-state index contributed by atoms with van der Waals surface area (Å²) >= 11 is 0. The van der Waals surface area contributed by atoms with Gasteiger partial charge in [0, 0.05) is 60.6 Å². The fraction of sp³-hybridized carbons (Fsp3) is 0.280. The number of carbonyl (C=O) groups is 1. The number of hydrogen-bond donors (Lipinski definition) is 1. The smallest absolute Gasteiger partial charge is 0.244 e. The summed E-state index contributed by atoms with van der Waals surface area (Å²) in [6.07, 6.45) is 5.85. The van der Waals surface area contributed by atoms with E-state index in [1.54, 1.807) is 6.08 Å². The molecule has 31 heavy (non-hydrogen) atoms. The molecule has 1 N–H and O–H groups in total. The number of nitrogens with zero attached hydrogens (tertiary/aromatic N) is 3. The Balaban J connectivity index is 1.36. The molecule has 0 unspecified atom stereocenters. The van der Waals surface area contributed by atoms with E-state index < -0.39 is 0 Å². The SMILES string of the molecule is N#CCCn1cc(/C=C/C(=O)NCc2ccc(N3CCOCC3)cc2)c2ccccc21. The Morgan fingerprint density at radius 3 is 2.68 bits per heavy atom. The van der Waals surface area contributed by atoms with Crippen molar-refractivity contribution in [3.63, 3.8) is 0 Å². The van der Waals surface area contributed by atoms with Crippen LogP contribution in [0.2, 0.25) is 0 Å². The van der Waals surface area contributed by atoms with Gasteiger partial charge >= 0.3 is 0 Å². The Kier molecular flexibility index (Phi) is 6.65. The average molecular weight is 415 g/mol. The second kappa shape index (κ2) is 9.96. The van der Waals surface area contributed by atoms with E-state index in [1.807, 2.05) is 36.5 Å². The zero-order chi connectivity index (χ0) is 21.5. The first-order valence-corrected chi connectivity index (χ1v) is 10.6. The monoisotopic (exact) mass is 414 g/mol. The van der Waals surface area contributed by atoms with E-state index in [2.05, 4.69) is 45.1 Å². The second-order valence-electron chi connectivity index (χ2n) is 7.52. The number of para-hydroxylation sites is 1. The van der Waals surface area contributed by atoms with Crippen LogP contribution in [-0.4, -0.2) is 36.8 Å². The van der Waals surface area contributed by atoms with E-state index in [4.69, 9.17) is 10.00 Å². The normalized spacial score (nSPS) is 14.1. The molecular formula is C25H26N4O2. The van der Waals surface area contributed by atoms with Gasteiger partial charge in [0.05, 0.1) is 25.7 Å². The third kappa shape index (κ3) is 5.14. The highest BCUT2D eigenvalue weighted by molar-refractivity contribution is 5.96. The molecule has 1 aliphatic heterocycles. The molecule has 1 aromatic heterocycles. The Morgan fingerprint density at radius 1 is 1.13 bits per heavy atom. The second-order valence-corrected chi connectivity index (χ2v) is 7.52. The highest BCUT2D eigenvalue weighted by Crippen LogP contribution is 2.23. The molecule has 2 heterocycles. The number of morpholine rings is 1. The van der Waals surface area contributed by atoms with Crippen LogP contribution in [-0.2, 0) is 22.6 Å². The van der Waals surface area contributed by atoms with E-state index in [1.165, 1.54) is 5.69 Å². The van der Waals surface area contributed by atoms with Crippen molar-refractivity contribution in [2.24, 2.45) is 0 Å². The molecule has 6 nitrogen and oxygen atoms in total. The van der Waals surface area contributed by atoms with Crippen LogP contribution in [0.1, 0.15) is 17.5 Å². The standard InChI is InChI=1S/C25H26N4O2/c26-12-3-13-29-19-21(23-4-1-2-5-24(23)29)8-11-25(30)27-18-20-6-9-22(10-7-20)28-14-16-31-17-15-28/h1-2,4-11,19H,3,13-18H2,(H,27,30)/b11-8+. The lowest BCUT2D eigenvalue weighted by Gasteiger charge is -2.28. The van der Waals surface area contributed by atoms with Crippen molar-refractivity contribution in [1.82, 2.24) is 9.88 Å². The third-order valence-corrected chi connectivity index (χ3v) is 5.48. The van der Waals surface area contributed by atoms with Gasteiger partial charge in [-0.15, -0.1) is 0 Å². The lowest BCUT2D eigenvalue weighted by molar-refractivity contribution is -0.116. The fourth-order valence-corrected chi connectivity index (χ4v) is 3.82. The molecule has 1 fully saturated rings. The summed E-state index contributed by atoms with van der Waals surface area (Å²) in [7, 11) is 0. The van der Waals surface area contributed by atoms with Crippen molar-refractivity contribution in [3.05, 3.63) is 71.9 Å². The van der Waals surface area contributed by atoms with Crippen LogP contribution in [0, 0.1) is 11.3 Å². The number of anilines is 1. The van der Waals surface area contributed by atoms with Crippen LogP contribution in [0.4, 0.5) is 5.69 Å². The number of hydrogen-bond acceptors (Lipinski definition) is 4. The van der Waals surface area contributed by atoms with Crippen LogP contribution in [0.25, 0.3) is 17.0 Å². The summed E-state index contributed by atoms with van der Waals surface area (Å²) in [5.41, 5.74) is 4.29. The summed E-state index contributed by atoms with van der Waals surface area (Å²) in [4.78, 5) is 14.7. The predicted molar refractivity (Wildman–Crippen MR) is 123 cm³/mol. The Bertz CT molecular complexity index is 1100. The highest BCUT2D eigenvalue weighted by atomic mass is 16.5. The number of rotatable bonds is 7. The molecule has 2 aromatic carbocycles. The van der Waals surface area contributed by atoms with E-state index in [0.717, 1.165) is 48.3 Å². The topological polar surface area (TPSA) is 70.3 Å². The molecular weight excluding hydrogens is 388 g/mol. The Morgan fingerprint density at radius 2 is 1.90 bits per heavy atom. The van der Waals surface area contributed by atoms with Gasteiger partial charge in [-0.3, -0.25) is 4.79 Å². The van der Waals surface area contributed by atoms with Crippen LogP contribution in [0.3, 0.4) is 0 Å². The van der Waals surface area contributed by atoms with Crippen LogP contribution in [0.5, 0.6) is 0 Å². The van der Waals surface area contributed by atoms with Gasteiger partial charge in [0.1, 0.15) is 0 Å². The Labute approximate surface area is 182 Å². The molecule has 0 atom stereocenters. The number of amides is 1. The minimum absolute atomic E-state index is 0.133. The average Bonchev–Trinajstić information content (AvgIpc) is 3.18. The van der Waals surface area contributed by atoms with Crippen molar-refractivity contribution >= 4 is 28.6 Å². The zero-order valence-electron chi connectivity index (χ0n) is 17.5. The summed E-state index contributed by atoms with van der Waals surface area (Å²) < 4.78 is 7.46. The van der Waals surface area contributed by atoms with Crippen molar-refractivity contribution in [2.75, 3.05) is 31.2 Å². The summed E-state index contributed by atoms with van der Waals surface area (Å²) in [5.74, 6) is -0.133. The number of fused-ring (bicyclic) bond motifs is 1. The molecule has 3 aromatic rings. The maximum atomic E-state index is 12.3. The summed E-state index contributed by atoms with van der Waals surface area (Å²) in [6.45, 7) is 4.47. The zero-order valence-corrected chi connectivity index (χ0v) is 17.5. The van der Waals surface area contributed by atoms with Gasteiger partial charge in [-0.05, 0) is 29.8 Å². The molecule has 0 spiro atoms. The molecule has 1 amide bonds. The highest BCUT2D eigenvalue weighted by Gasteiger charge is 2.11. The molecule has 0 bridgehead atoms. The fourth-order valence-electron chi connectivity index (χ4n) is 3.82. The number of benzene rings is 2. The van der Waals surface area contributed by atoms with Gasteiger partial charge in [-0.1, -0.05) is 30.3 Å². The first-order chi connectivity index (χ1) is 15.2. The first kappa shape index (κ1) is 20.7. The van der Waals surface area contributed by atoms with Crippen molar-refractivity contribution < 1.29 is 9.53 Å².